The lowest BCUT2D eigenvalue weighted by atomic mass is 10.1. The Balaban J connectivity index is 1.97. The summed E-state index contributed by atoms with van der Waals surface area (Å²) in [6, 6.07) is 13.2. The van der Waals surface area contributed by atoms with Crippen molar-refractivity contribution in [1.29, 1.82) is 0 Å². The molecule has 3 aromatic rings. The van der Waals surface area contributed by atoms with Gasteiger partial charge in [-0.15, -0.1) is 16.6 Å². The highest BCUT2D eigenvalue weighted by molar-refractivity contribution is 7.99. The van der Waals surface area contributed by atoms with Crippen molar-refractivity contribution in [3.63, 3.8) is 0 Å². The smallest absolute Gasteiger partial charge is 0.220 e. The number of ether oxygens (including phenoxy) is 2. The number of thioether (sulfide) groups is 1. The second-order valence-corrected chi connectivity index (χ2v) is 8.12. The molecule has 32 heavy (non-hydrogen) atoms. The number of aromatic nitrogens is 3. The zero-order valence-corrected chi connectivity index (χ0v) is 19.0. The lowest BCUT2D eigenvalue weighted by molar-refractivity contribution is -0.479. The largest absolute Gasteiger partial charge is 0.490 e. The summed E-state index contributed by atoms with van der Waals surface area (Å²) < 4.78 is 13.1. The van der Waals surface area contributed by atoms with Crippen LogP contribution in [0.3, 0.4) is 0 Å². The maximum atomic E-state index is 11.5. The third-order valence-corrected chi connectivity index (χ3v) is 5.78. The van der Waals surface area contributed by atoms with E-state index in [9.17, 15) is 10.1 Å². The fourth-order valence-corrected chi connectivity index (χ4v) is 4.28. The maximum Gasteiger partial charge on any atom is 0.220 e. The van der Waals surface area contributed by atoms with Crippen LogP contribution in [0.25, 0.3) is 5.69 Å². The normalized spacial score (nSPS) is 11.6. The Bertz CT molecular complexity index is 1120. The molecule has 1 atom stereocenters. The van der Waals surface area contributed by atoms with Gasteiger partial charge in [-0.2, -0.15) is 0 Å². The Morgan fingerprint density at radius 2 is 1.91 bits per heavy atom. The van der Waals surface area contributed by atoms with Gasteiger partial charge in [0.15, 0.2) is 16.7 Å². The number of rotatable bonds is 10. The summed E-state index contributed by atoms with van der Waals surface area (Å²) in [7, 11) is 0. The molecule has 0 saturated carbocycles. The monoisotopic (exact) mass is 452 g/mol. The molecule has 0 fully saturated rings. The van der Waals surface area contributed by atoms with Crippen LogP contribution in [0.1, 0.15) is 29.1 Å². The molecule has 0 aliphatic rings. The van der Waals surface area contributed by atoms with Crippen LogP contribution in [0.2, 0.25) is 0 Å². The molecule has 1 heterocycles. The SMILES string of the molecule is C#CCOc1ccc([C@H](C[N+](=O)[O-])Sc2nnc(C)n2-c2ccc(C)cc2)cc1OCC. The molecular weight excluding hydrogens is 428 g/mol. The second kappa shape index (κ2) is 10.7. The average Bonchev–Trinajstić information content (AvgIpc) is 3.13. The van der Waals surface area contributed by atoms with Crippen LogP contribution in [-0.2, 0) is 0 Å². The number of nitro groups is 1. The van der Waals surface area contributed by atoms with Gasteiger partial charge >= 0.3 is 0 Å². The zero-order chi connectivity index (χ0) is 23.1. The minimum Gasteiger partial charge on any atom is -0.490 e. The van der Waals surface area contributed by atoms with Crippen LogP contribution in [0.4, 0.5) is 0 Å². The van der Waals surface area contributed by atoms with Crippen molar-refractivity contribution in [2.45, 2.75) is 31.2 Å². The van der Waals surface area contributed by atoms with Crippen LogP contribution in [0, 0.1) is 36.3 Å². The van der Waals surface area contributed by atoms with Crippen molar-refractivity contribution < 1.29 is 14.4 Å². The van der Waals surface area contributed by atoms with Crippen LogP contribution in [0.15, 0.2) is 47.6 Å². The summed E-state index contributed by atoms with van der Waals surface area (Å²) in [6.07, 6.45) is 5.28. The first-order valence-electron chi connectivity index (χ1n) is 10.0. The summed E-state index contributed by atoms with van der Waals surface area (Å²) in [5, 5.41) is 20.0. The molecule has 0 aliphatic carbocycles. The van der Waals surface area contributed by atoms with Gasteiger partial charge in [0.05, 0.1) is 6.61 Å². The molecule has 0 radical (unpaired) electrons. The highest BCUT2D eigenvalue weighted by Gasteiger charge is 2.25. The highest BCUT2D eigenvalue weighted by Crippen LogP contribution is 2.39. The average molecular weight is 453 g/mol. The minimum atomic E-state index is -0.515. The van der Waals surface area contributed by atoms with E-state index >= 15 is 0 Å². The lowest BCUT2D eigenvalue weighted by Crippen LogP contribution is -2.11. The van der Waals surface area contributed by atoms with Crippen molar-refractivity contribution in [3.05, 3.63) is 69.5 Å². The minimum absolute atomic E-state index is 0.103. The van der Waals surface area contributed by atoms with Gasteiger partial charge in [-0.3, -0.25) is 14.7 Å². The Morgan fingerprint density at radius 1 is 1.16 bits per heavy atom. The third-order valence-electron chi connectivity index (χ3n) is 4.60. The fraction of sp³-hybridized carbons (Fsp3) is 0.304. The summed E-state index contributed by atoms with van der Waals surface area (Å²) in [6.45, 7) is 5.95. The molecule has 166 valence electrons. The summed E-state index contributed by atoms with van der Waals surface area (Å²) in [4.78, 5) is 11.1. The molecule has 8 nitrogen and oxygen atoms in total. The second-order valence-electron chi connectivity index (χ2n) is 6.95. The summed E-state index contributed by atoms with van der Waals surface area (Å²) >= 11 is 1.29. The number of hydrogen-bond donors (Lipinski definition) is 0. The molecule has 9 heteroatoms. The predicted octanol–water partition coefficient (Wildman–Crippen LogP) is 4.40. The first kappa shape index (κ1) is 23.2. The van der Waals surface area contributed by atoms with Gasteiger partial charge in [0.25, 0.3) is 0 Å². The van der Waals surface area contributed by atoms with E-state index in [4.69, 9.17) is 15.9 Å². The molecule has 0 spiro atoms. The van der Waals surface area contributed by atoms with Crippen molar-refractivity contribution in [1.82, 2.24) is 14.8 Å². The van der Waals surface area contributed by atoms with Gasteiger partial charge in [-0.25, -0.2) is 0 Å². The van der Waals surface area contributed by atoms with E-state index in [2.05, 4.69) is 16.1 Å². The fourth-order valence-electron chi connectivity index (χ4n) is 3.12. The first-order valence-corrected chi connectivity index (χ1v) is 10.9. The summed E-state index contributed by atoms with van der Waals surface area (Å²) in [5.74, 6) is 4.11. The lowest BCUT2D eigenvalue weighted by Gasteiger charge is -2.17. The van der Waals surface area contributed by atoms with Gasteiger partial charge in [-0.1, -0.05) is 41.4 Å². The van der Waals surface area contributed by atoms with Crippen molar-refractivity contribution in [2.24, 2.45) is 0 Å². The molecule has 1 aromatic heterocycles. The highest BCUT2D eigenvalue weighted by atomic mass is 32.2. The van der Waals surface area contributed by atoms with E-state index in [-0.39, 0.29) is 18.1 Å². The van der Waals surface area contributed by atoms with E-state index in [0.717, 1.165) is 16.8 Å². The van der Waals surface area contributed by atoms with Crippen LogP contribution in [-0.4, -0.2) is 39.4 Å². The molecular formula is C23H24N4O4S. The van der Waals surface area contributed by atoms with Crippen LogP contribution < -0.4 is 9.47 Å². The Labute approximate surface area is 191 Å². The van der Waals surface area contributed by atoms with Gasteiger partial charge in [0.1, 0.15) is 17.7 Å². The van der Waals surface area contributed by atoms with Gasteiger partial charge in [0, 0.05) is 10.6 Å². The molecule has 2 aromatic carbocycles. The van der Waals surface area contributed by atoms with Crippen LogP contribution >= 0.6 is 11.8 Å². The van der Waals surface area contributed by atoms with Crippen LogP contribution in [0.5, 0.6) is 11.5 Å². The van der Waals surface area contributed by atoms with Crippen molar-refractivity contribution in [2.75, 3.05) is 19.8 Å². The molecule has 0 saturated heterocycles. The van der Waals surface area contributed by atoms with E-state index < -0.39 is 5.25 Å². The van der Waals surface area contributed by atoms with E-state index in [1.54, 1.807) is 18.2 Å². The zero-order valence-electron chi connectivity index (χ0n) is 18.1. The topological polar surface area (TPSA) is 92.3 Å². The number of nitrogens with zero attached hydrogens (tertiary/aromatic N) is 4. The Kier molecular flexibility index (Phi) is 7.73. The Morgan fingerprint density at radius 3 is 2.56 bits per heavy atom. The molecule has 0 N–H and O–H groups in total. The van der Waals surface area contributed by atoms with Crippen molar-refractivity contribution in [3.8, 4) is 29.5 Å². The summed E-state index contributed by atoms with van der Waals surface area (Å²) in [5.41, 5.74) is 2.75. The third kappa shape index (κ3) is 5.59. The van der Waals surface area contributed by atoms with E-state index in [0.29, 0.717) is 29.1 Å². The van der Waals surface area contributed by atoms with E-state index in [1.165, 1.54) is 11.8 Å². The molecule has 0 aliphatic heterocycles. The van der Waals surface area contributed by atoms with Gasteiger partial charge in [-0.05, 0) is 50.6 Å². The molecule has 0 unspecified atom stereocenters. The molecule has 0 amide bonds. The van der Waals surface area contributed by atoms with Gasteiger partial charge in [0.2, 0.25) is 6.54 Å². The van der Waals surface area contributed by atoms with E-state index in [1.807, 2.05) is 49.6 Å². The molecule has 0 bridgehead atoms. The number of terminal acetylenes is 1. The first-order chi connectivity index (χ1) is 15.4. The Hall–Kier alpha value is -3.51. The number of aryl methyl sites for hydroxylation is 2. The van der Waals surface area contributed by atoms with Gasteiger partial charge < -0.3 is 9.47 Å². The predicted molar refractivity (Wildman–Crippen MR) is 123 cm³/mol. The number of hydrogen-bond acceptors (Lipinski definition) is 7. The van der Waals surface area contributed by atoms with Crippen molar-refractivity contribution >= 4 is 11.8 Å². The quantitative estimate of drug-likeness (QED) is 0.195. The molecule has 3 rings (SSSR count). The standard InChI is InChI=1S/C23H24N4O4S/c1-5-13-31-20-12-9-18(14-21(20)30-6-2)22(15-26(28)29)32-23-25-24-17(4)27(23)19-10-7-16(3)8-11-19/h1,7-12,14,22H,6,13,15H2,2-4H3/t22-/m0/s1. The maximum absolute atomic E-state index is 11.5. The number of benzene rings is 2.